The maximum Gasteiger partial charge on any atom is 0.425 e. The molecule has 2 heterocycles. The number of aromatic nitrogens is 2. The zero-order chi connectivity index (χ0) is 32.2. The number of imide groups is 2. The molecule has 0 saturated carbocycles. The van der Waals surface area contributed by atoms with Gasteiger partial charge in [0.1, 0.15) is 17.0 Å². The summed E-state index contributed by atoms with van der Waals surface area (Å²) < 4.78 is 25.9. The Kier molecular flexibility index (Phi) is 9.03. The van der Waals surface area contributed by atoms with Crippen molar-refractivity contribution in [3.05, 3.63) is 84.4 Å². The van der Waals surface area contributed by atoms with Crippen LogP contribution in [0.2, 0.25) is 0 Å². The highest BCUT2D eigenvalue weighted by molar-refractivity contribution is 6.13. The molecular weight excluding hydrogens is 569 g/mol. The van der Waals surface area contributed by atoms with Gasteiger partial charge >= 0.3 is 18.2 Å². The lowest BCUT2D eigenvalue weighted by Crippen LogP contribution is -2.44. The van der Waals surface area contributed by atoms with Gasteiger partial charge < -0.3 is 19.4 Å². The lowest BCUT2D eigenvalue weighted by Gasteiger charge is -2.28. The number of nitrogens with one attached hydrogen (secondary N) is 2. The summed E-state index contributed by atoms with van der Waals surface area (Å²) in [5.74, 6) is -0.908. The van der Waals surface area contributed by atoms with Gasteiger partial charge in [-0.2, -0.15) is 4.90 Å². The molecule has 0 saturated heterocycles. The summed E-state index contributed by atoms with van der Waals surface area (Å²) in [6.07, 6.45) is 1.29. The van der Waals surface area contributed by atoms with Gasteiger partial charge in [-0.25, -0.2) is 23.8 Å². The molecule has 0 aliphatic carbocycles. The van der Waals surface area contributed by atoms with Crippen LogP contribution in [0.4, 0.5) is 30.3 Å². The van der Waals surface area contributed by atoms with Crippen LogP contribution in [0.25, 0.3) is 16.6 Å². The zero-order valence-corrected chi connectivity index (χ0v) is 25.3. The molecule has 0 spiro atoms. The van der Waals surface area contributed by atoms with E-state index < -0.39 is 41.1 Å². The molecule has 2 aromatic heterocycles. The maximum atomic E-state index is 13.2. The predicted molar refractivity (Wildman–Crippen MR) is 163 cm³/mol. The van der Waals surface area contributed by atoms with Crippen LogP contribution in [-0.2, 0) is 20.7 Å². The minimum Gasteiger partial charge on any atom is -0.443 e. The molecule has 230 valence electrons. The van der Waals surface area contributed by atoms with Crippen LogP contribution in [0, 0.1) is 5.82 Å². The third kappa shape index (κ3) is 8.18. The topological polar surface area (TPSA) is 132 Å². The largest absolute Gasteiger partial charge is 0.443 e. The third-order valence-electron chi connectivity index (χ3n) is 5.89. The highest BCUT2D eigenvalue weighted by Gasteiger charge is 2.35. The zero-order valence-electron chi connectivity index (χ0n) is 25.3. The van der Waals surface area contributed by atoms with Gasteiger partial charge in [0.25, 0.3) is 0 Å². The second-order valence-electron chi connectivity index (χ2n) is 11.9. The first-order chi connectivity index (χ1) is 20.6. The summed E-state index contributed by atoms with van der Waals surface area (Å²) in [4.78, 5) is 56.0. The number of hydrogen-bond donors (Lipinski definition) is 2. The van der Waals surface area contributed by atoms with Gasteiger partial charge in [-0.05, 0) is 95.6 Å². The number of urea groups is 1. The molecule has 0 atom stereocenters. The van der Waals surface area contributed by atoms with Crippen LogP contribution in [-0.4, -0.2) is 44.9 Å². The van der Waals surface area contributed by atoms with E-state index in [2.05, 4.69) is 15.6 Å². The van der Waals surface area contributed by atoms with Gasteiger partial charge in [-0.1, -0.05) is 12.1 Å². The molecule has 4 aromatic rings. The number of pyridine rings is 1. The Morgan fingerprint density at radius 3 is 2.00 bits per heavy atom. The van der Waals surface area contributed by atoms with Gasteiger partial charge in [0.15, 0.2) is 5.82 Å². The Hall–Kier alpha value is -5.26. The second-order valence-corrected chi connectivity index (χ2v) is 11.9. The van der Waals surface area contributed by atoms with Crippen molar-refractivity contribution < 1.29 is 33.0 Å². The number of fused-ring (bicyclic) bond motifs is 1. The lowest BCUT2D eigenvalue weighted by molar-refractivity contribution is -0.119. The van der Waals surface area contributed by atoms with Crippen molar-refractivity contribution in [2.45, 2.75) is 59.2 Å². The van der Waals surface area contributed by atoms with Crippen LogP contribution < -0.4 is 15.5 Å². The normalized spacial score (nSPS) is 11.5. The lowest BCUT2D eigenvalue weighted by atomic mass is 10.1. The molecular formula is C32H34FN5O6. The Labute approximate surface area is 254 Å². The minimum absolute atomic E-state index is 0.0463. The van der Waals surface area contributed by atoms with Crippen molar-refractivity contribution >= 4 is 46.5 Å². The van der Waals surface area contributed by atoms with Crippen molar-refractivity contribution in [2.75, 3.05) is 10.2 Å². The van der Waals surface area contributed by atoms with Crippen LogP contribution >= 0.6 is 0 Å². The van der Waals surface area contributed by atoms with E-state index in [1.807, 2.05) is 4.57 Å². The Morgan fingerprint density at radius 2 is 1.43 bits per heavy atom. The summed E-state index contributed by atoms with van der Waals surface area (Å²) in [6, 6.07) is 15.0. The first kappa shape index (κ1) is 31.7. The molecule has 2 N–H and O–H groups in total. The third-order valence-corrected chi connectivity index (χ3v) is 5.89. The van der Waals surface area contributed by atoms with E-state index in [0.717, 1.165) is 4.90 Å². The molecule has 0 radical (unpaired) electrons. The molecule has 0 unspecified atom stereocenters. The van der Waals surface area contributed by atoms with Gasteiger partial charge in [0.2, 0.25) is 5.91 Å². The summed E-state index contributed by atoms with van der Waals surface area (Å²) in [6.45, 7) is 10.1. The summed E-state index contributed by atoms with van der Waals surface area (Å²) in [5, 5.41) is 5.34. The van der Waals surface area contributed by atoms with Gasteiger partial charge in [-0.3, -0.25) is 10.1 Å². The van der Waals surface area contributed by atoms with E-state index in [1.165, 1.54) is 30.5 Å². The number of amides is 5. The van der Waals surface area contributed by atoms with E-state index in [9.17, 15) is 23.6 Å². The molecule has 0 aliphatic rings. The van der Waals surface area contributed by atoms with Crippen molar-refractivity contribution in [3.63, 3.8) is 0 Å². The molecule has 44 heavy (non-hydrogen) atoms. The smallest absolute Gasteiger partial charge is 0.425 e. The Balaban J connectivity index is 1.53. The van der Waals surface area contributed by atoms with Crippen LogP contribution in [0.1, 0.15) is 47.1 Å². The standard InChI is InChI=1S/C32H34FN5O6/c1-31(2,3)43-29(41)38(30(42)44-32(4,5)6)27-24-16-18-37(25(24)15-17-34-27)23-13-11-22(12-14-23)35-28(40)36-26(39)19-20-7-9-21(33)10-8-20/h7-18H,19H2,1-6H3,(H2,35,36,39,40). The van der Waals surface area contributed by atoms with E-state index in [1.54, 1.807) is 84.1 Å². The van der Waals surface area contributed by atoms with Crippen molar-refractivity contribution in [3.8, 4) is 5.69 Å². The fourth-order valence-corrected chi connectivity index (χ4v) is 4.14. The molecule has 0 aliphatic heterocycles. The fraction of sp³-hybridized carbons (Fsp3) is 0.281. The second kappa shape index (κ2) is 12.5. The van der Waals surface area contributed by atoms with Crippen molar-refractivity contribution in [1.82, 2.24) is 14.9 Å². The number of nitrogens with zero attached hydrogens (tertiary/aromatic N) is 3. The summed E-state index contributed by atoms with van der Waals surface area (Å²) in [7, 11) is 0. The Morgan fingerprint density at radius 1 is 0.841 bits per heavy atom. The van der Waals surface area contributed by atoms with Gasteiger partial charge in [0, 0.05) is 29.2 Å². The molecule has 4 rings (SSSR count). The SMILES string of the molecule is CC(C)(C)OC(=O)N(C(=O)OC(C)(C)C)c1nccc2c1ccn2-c1ccc(NC(=O)NC(=O)Cc2ccc(F)cc2)cc1. The van der Waals surface area contributed by atoms with E-state index in [-0.39, 0.29) is 12.2 Å². The van der Waals surface area contributed by atoms with Crippen molar-refractivity contribution in [1.29, 1.82) is 0 Å². The monoisotopic (exact) mass is 603 g/mol. The van der Waals surface area contributed by atoms with Crippen molar-refractivity contribution in [2.24, 2.45) is 0 Å². The molecule has 5 amide bonds. The van der Waals surface area contributed by atoms with E-state index >= 15 is 0 Å². The molecule has 0 bridgehead atoms. The first-order valence-corrected chi connectivity index (χ1v) is 13.8. The molecule has 11 nitrogen and oxygen atoms in total. The van der Waals surface area contributed by atoms with E-state index in [0.29, 0.717) is 27.8 Å². The molecule has 2 aromatic carbocycles. The number of carbonyl (C=O) groups is 4. The molecule has 12 heteroatoms. The summed E-state index contributed by atoms with van der Waals surface area (Å²) >= 11 is 0. The van der Waals surface area contributed by atoms with Gasteiger partial charge in [0.05, 0.1) is 11.9 Å². The molecule has 0 fully saturated rings. The van der Waals surface area contributed by atoms with Crippen LogP contribution in [0.3, 0.4) is 0 Å². The number of rotatable bonds is 5. The average molecular weight is 604 g/mol. The maximum absolute atomic E-state index is 13.2. The number of halogens is 1. The average Bonchev–Trinajstić information content (AvgIpc) is 3.33. The van der Waals surface area contributed by atoms with Gasteiger partial charge in [-0.15, -0.1) is 0 Å². The first-order valence-electron chi connectivity index (χ1n) is 13.8. The quantitative estimate of drug-likeness (QED) is 0.258. The number of hydrogen-bond acceptors (Lipinski definition) is 7. The number of anilines is 2. The predicted octanol–water partition coefficient (Wildman–Crippen LogP) is 6.73. The highest BCUT2D eigenvalue weighted by atomic mass is 19.1. The van der Waals surface area contributed by atoms with E-state index in [4.69, 9.17) is 9.47 Å². The number of ether oxygens (including phenoxy) is 2. The Bertz CT molecular complexity index is 1660. The van der Waals surface area contributed by atoms with Crippen LogP contribution in [0.15, 0.2) is 73.1 Å². The fourth-order valence-electron chi connectivity index (χ4n) is 4.14. The highest BCUT2D eigenvalue weighted by Crippen LogP contribution is 2.30. The summed E-state index contributed by atoms with van der Waals surface area (Å²) in [5.41, 5.74) is 0.590. The van der Waals surface area contributed by atoms with Crippen LogP contribution in [0.5, 0.6) is 0 Å². The number of carbonyl (C=O) groups excluding carboxylic acids is 4. The minimum atomic E-state index is -0.927. The number of benzene rings is 2.